The second kappa shape index (κ2) is 7.67. The second-order valence-electron chi connectivity index (χ2n) is 5.02. The van der Waals surface area contributed by atoms with Gasteiger partial charge >= 0.3 is 0 Å². The van der Waals surface area contributed by atoms with E-state index in [9.17, 15) is 4.79 Å². The van der Waals surface area contributed by atoms with Crippen LogP contribution in [0.25, 0.3) is 0 Å². The quantitative estimate of drug-likeness (QED) is 0.765. The number of hydrogen-bond donors (Lipinski definition) is 1. The summed E-state index contributed by atoms with van der Waals surface area (Å²) in [5, 5.41) is 0. The Morgan fingerprint density at radius 2 is 2.35 bits per heavy atom. The molecule has 0 radical (unpaired) electrons. The minimum Gasteiger partial charge on any atom is -0.376 e. The molecule has 2 atom stereocenters. The number of hydrogen-bond acceptors (Lipinski definition) is 3. The van der Waals surface area contributed by atoms with Crippen LogP contribution in [-0.4, -0.2) is 43.2 Å². The summed E-state index contributed by atoms with van der Waals surface area (Å²) >= 11 is 0. The number of rotatable bonds is 6. The third-order valence-corrected chi connectivity index (χ3v) is 3.21. The molecule has 1 saturated heterocycles. The van der Waals surface area contributed by atoms with Crippen molar-refractivity contribution in [1.29, 1.82) is 0 Å². The maximum absolute atomic E-state index is 12.0. The third kappa shape index (κ3) is 5.04. The van der Waals surface area contributed by atoms with Gasteiger partial charge in [0.1, 0.15) is 0 Å². The Labute approximate surface area is 104 Å². The van der Waals surface area contributed by atoms with Gasteiger partial charge in [-0.2, -0.15) is 0 Å². The standard InChI is InChI=1S/C13H26N2O2/c1-3-7-17-12-5-4-6-15(10-12)13(16)8-11(2)9-14/h11-12H,3-10,14H2,1-2H3. The molecule has 2 unspecified atom stereocenters. The number of carbonyl (C=O) groups is 1. The maximum atomic E-state index is 12.0. The number of amides is 1. The van der Waals surface area contributed by atoms with Crippen molar-refractivity contribution in [2.45, 2.75) is 45.6 Å². The van der Waals surface area contributed by atoms with E-state index in [0.29, 0.717) is 13.0 Å². The molecule has 0 saturated carbocycles. The zero-order chi connectivity index (χ0) is 12.7. The first kappa shape index (κ1) is 14.5. The summed E-state index contributed by atoms with van der Waals surface area (Å²) in [5.74, 6) is 0.507. The van der Waals surface area contributed by atoms with Crippen molar-refractivity contribution in [3.05, 3.63) is 0 Å². The van der Waals surface area contributed by atoms with E-state index in [1.165, 1.54) is 0 Å². The first-order chi connectivity index (χ1) is 8.17. The number of nitrogens with two attached hydrogens (primary N) is 1. The molecule has 1 rings (SSSR count). The highest BCUT2D eigenvalue weighted by Gasteiger charge is 2.24. The molecule has 2 N–H and O–H groups in total. The molecule has 0 spiro atoms. The molecule has 17 heavy (non-hydrogen) atoms. The van der Waals surface area contributed by atoms with Crippen LogP contribution in [0.15, 0.2) is 0 Å². The molecule has 0 aromatic rings. The van der Waals surface area contributed by atoms with Crippen LogP contribution in [0.3, 0.4) is 0 Å². The number of likely N-dealkylation sites (tertiary alicyclic amines) is 1. The largest absolute Gasteiger partial charge is 0.376 e. The van der Waals surface area contributed by atoms with Gasteiger partial charge in [0.05, 0.1) is 6.10 Å². The smallest absolute Gasteiger partial charge is 0.222 e. The fraction of sp³-hybridized carbons (Fsp3) is 0.923. The summed E-state index contributed by atoms with van der Waals surface area (Å²) < 4.78 is 5.73. The van der Waals surface area contributed by atoms with Gasteiger partial charge in [0.15, 0.2) is 0 Å². The van der Waals surface area contributed by atoms with Gasteiger partial charge in [-0.25, -0.2) is 0 Å². The average molecular weight is 242 g/mol. The minimum absolute atomic E-state index is 0.229. The van der Waals surface area contributed by atoms with Crippen LogP contribution in [0, 0.1) is 5.92 Å². The van der Waals surface area contributed by atoms with E-state index >= 15 is 0 Å². The minimum atomic E-state index is 0.229. The third-order valence-electron chi connectivity index (χ3n) is 3.21. The van der Waals surface area contributed by atoms with E-state index in [1.807, 2.05) is 11.8 Å². The molecule has 0 aromatic carbocycles. The predicted octanol–water partition coefficient (Wildman–Crippen LogP) is 1.39. The fourth-order valence-corrected chi connectivity index (χ4v) is 2.10. The van der Waals surface area contributed by atoms with E-state index in [-0.39, 0.29) is 17.9 Å². The van der Waals surface area contributed by atoms with Crippen molar-refractivity contribution in [3.63, 3.8) is 0 Å². The van der Waals surface area contributed by atoms with Gasteiger partial charge in [0.2, 0.25) is 5.91 Å². The van der Waals surface area contributed by atoms with Crippen molar-refractivity contribution in [1.82, 2.24) is 4.90 Å². The van der Waals surface area contributed by atoms with Gasteiger partial charge in [0, 0.05) is 26.1 Å². The van der Waals surface area contributed by atoms with Crippen LogP contribution >= 0.6 is 0 Å². The highest BCUT2D eigenvalue weighted by Crippen LogP contribution is 2.15. The summed E-state index contributed by atoms with van der Waals surface area (Å²) in [6.45, 7) is 7.14. The molecule has 0 aliphatic carbocycles. The number of ether oxygens (including phenoxy) is 1. The molecule has 4 heteroatoms. The topological polar surface area (TPSA) is 55.6 Å². The van der Waals surface area contributed by atoms with Crippen molar-refractivity contribution in [2.75, 3.05) is 26.2 Å². The van der Waals surface area contributed by atoms with Crippen LogP contribution in [0.4, 0.5) is 0 Å². The van der Waals surface area contributed by atoms with Crippen molar-refractivity contribution >= 4 is 5.91 Å². The predicted molar refractivity (Wildman–Crippen MR) is 68.7 cm³/mol. The Morgan fingerprint density at radius 1 is 1.59 bits per heavy atom. The Balaban J connectivity index is 2.35. The second-order valence-corrected chi connectivity index (χ2v) is 5.02. The summed E-state index contributed by atoms with van der Waals surface area (Å²) in [4.78, 5) is 13.9. The molecule has 1 heterocycles. The van der Waals surface area contributed by atoms with E-state index in [4.69, 9.17) is 10.5 Å². The highest BCUT2D eigenvalue weighted by atomic mass is 16.5. The van der Waals surface area contributed by atoms with Crippen molar-refractivity contribution in [2.24, 2.45) is 11.7 Å². The first-order valence-corrected chi connectivity index (χ1v) is 6.76. The van der Waals surface area contributed by atoms with E-state index in [0.717, 1.165) is 39.0 Å². The number of piperidine rings is 1. The molecular weight excluding hydrogens is 216 g/mol. The lowest BCUT2D eigenvalue weighted by atomic mass is 10.0. The van der Waals surface area contributed by atoms with E-state index < -0.39 is 0 Å². The summed E-state index contributed by atoms with van der Waals surface area (Å²) in [6.07, 6.45) is 3.97. The summed E-state index contributed by atoms with van der Waals surface area (Å²) in [5.41, 5.74) is 5.55. The zero-order valence-corrected chi connectivity index (χ0v) is 11.2. The monoisotopic (exact) mass is 242 g/mol. The first-order valence-electron chi connectivity index (χ1n) is 6.76. The summed E-state index contributed by atoms with van der Waals surface area (Å²) in [7, 11) is 0. The van der Waals surface area contributed by atoms with Gasteiger partial charge in [-0.3, -0.25) is 4.79 Å². The SMILES string of the molecule is CCCOC1CCCN(C(=O)CC(C)CN)C1. The van der Waals surface area contributed by atoms with E-state index in [2.05, 4.69) is 6.92 Å². The number of nitrogens with zero attached hydrogens (tertiary/aromatic N) is 1. The van der Waals surface area contributed by atoms with Crippen LogP contribution in [0.2, 0.25) is 0 Å². The normalized spacial score (nSPS) is 22.5. The Hall–Kier alpha value is -0.610. The van der Waals surface area contributed by atoms with Gasteiger partial charge in [-0.1, -0.05) is 13.8 Å². The van der Waals surface area contributed by atoms with Gasteiger partial charge < -0.3 is 15.4 Å². The van der Waals surface area contributed by atoms with Crippen LogP contribution < -0.4 is 5.73 Å². The van der Waals surface area contributed by atoms with Crippen LogP contribution in [-0.2, 0) is 9.53 Å². The lowest BCUT2D eigenvalue weighted by molar-refractivity contribution is -0.136. The molecule has 0 bridgehead atoms. The van der Waals surface area contributed by atoms with Crippen LogP contribution in [0.1, 0.15) is 39.5 Å². The summed E-state index contributed by atoms with van der Waals surface area (Å²) in [6, 6.07) is 0. The molecule has 1 amide bonds. The van der Waals surface area contributed by atoms with Gasteiger partial charge in [-0.15, -0.1) is 0 Å². The Kier molecular flexibility index (Phi) is 6.52. The molecule has 1 fully saturated rings. The average Bonchev–Trinajstić information content (AvgIpc) is 2.36. The molecule has 0 aromatic heterocycles. The van der Waals surface area contributed by atoms with Crippen molar-refractivity contribution in [3.8, 4) is 0 Å². The maximum Gasteiger partial charge on any atom is 0.222 e. The number of carbonyl (C=O) groups excluding carboxylic acids is 1. The molecule has 100 valence electrons. The Bertz CT molecular complexity index is 233. The highest BCUT2D eigenvalue weighted by molar-refractivity contribution is 5.76. The van der Waals surface area contributed by atoms with Crippen LogP contribution in [0.5, 0.6) is 0 Å². The van der Waals surface area contributed by atoms with Crippen molar-refractivity contribution < 1.29 is 9.53 Å². The van der Waals surface area contributed by atoms with E-state index in [1.54, 1.807) is 0 Å². The van der Waals surface area contributed by atoms with Gasteiger partial charge in [0.25, 0.3) is 0 Å². The molecule has 1 aliphatic heterocycles. The lowest BCUT2D eigenvalue weighted by Crippen LogP contribution is -2.44. The molecule has 4 nitrogen and oxygen atoms in total. The van der Waals surface area contributed by atoms with Gasteiger partial charge in [-0.05, 0) is 31.7 Å². The lowest BCUT2D eigenvalue weighted by Gasteiger charge is -2.33. The molecular formula is C13H26N2O2. The molecule has 1 aliphatic rings. The fourth-order valence-electron chi connectivity index (χ4n) is 2.10. The zero-order valence-electron chi connectivity index (χ0n) is 11.2. The Morgan fingerprint density at radius 3 is 3.00 bits per heavy atom.